The number of nitrogens with one attached hydrogen (secondary N) is 3. The van der Waals surface area contributed by atoms with E-state index in [4.69, 9.17) is 0 Å². The molecule has 11 rings (SSSR count). The van der Waals surface area contributed by atoms with E-state index in [0.29, 0.717) is 11.8 Å². The minimum Gasteiger partial charge on any atom is -0.279 e. The molecule has 0 radical (unpaired) electrons. The summed E-state index contributed by atoms with van der Waals surface area (Å²) in [5.74, 6) is 1.03. The summed E-state index contributed by atoms with van der Waals surface area (Å²) in [6.45, 7) is 4.94. The Hall–Kier alpha value is -5.06. The van der Waals surface area contributed by atoms with Crippen molar-refractivity contribution in [1.82, 2.24) is 16.0 Å². The highest BCUT2D eigenvalue weighted by Crippen LogP contribution is 2.64. The fourth-order valence-corrected chi connectivity index (χ4v) is 11.7. The predicted octanol–water partition coefficient (Wildman–Crippen LogP) is 12.3. The summed E-state index contributed by atoms with van der Waals surface area (Å²) in [7, 11) is 0. The molecular weight excluding hydrogens is 691 g/mol. The van der Waals surface area contributed by atoms with E-state index in [1.807, 2.05) is 0 Å². The topological polar surface area (TPSA) is 36.1 Å². The van der Waals surface area contributed by atoms with Crippen LogP contribution in [0.5, 0.6) is 0 Å². The van der Waals surface area contributed by atoms with E-state index >= 15 is 0 Å². The fourth-order valence-electron chi connectivity index (χ4n) is 11.7. The highest BCUT2D eigenvalue weighted by molar-refractivity contribution is 5.93. The first-order valence-corrected chi connectivity index (χ1v) is 21.5. The highest BCUT2D eigenvalue weighted by Gasteiger charge is 2.53. The highest BCUT2D eigenvalue weighted by atomic mass is 15.4. The molecule has 1 heterocycles. The van der Waals surface area contributed by atoms with Crippen molar-refractivity contribution in [3.8, 4) is 22.3 Å². The van der Waals surface area contributed by atoms with Crippen LogP contribution < -0.4 is 16.0 Å². The van der Waals surface area contributed by atoms with Crippen LogP contribution in [0.25, 0.3) is 27.8 Å². The lowest BCUT2D eigenvalue weighted by Gasteiger charge is -2.42. The van der Waals surface area contributed by atoms with Crippen molar-refractivity contribution in [1.29, 1.82) is 0 Å². The minimum atomic E-state index is -0.0486. The van der Waals surface area contributed by atoms with Crippen LogP contribution in [-0.4, -0.2) is 6.17 Å². The zero-order chi connectivity index (χ0) is 38.1. The Bertz CT molecular complexity index is 2490. The predicted molar refractivity (Wildman–Crippen MR) is 235 cm³/mol. The summed E-state index contributed by atoms with van der Waals surface area (Å²) < 4.78 is 0. The SMILES string of the molecule is CC1(C)C2=CC3C(C=C2c2ccc(-c4cccc(-c5cccc(C6NC(C7=CC=CCC7)NC(c7ccccc7)N6)c5)c4)cc21)c1ccccc1C31CCCCC1. The largest absolute Gasteiger partial charge is 0.279 e. The molecule has 3 heteroatoms. The lowest BCUT2D eigenvalue weighted by molar-refractivity contribution is 0.219. The maximum atomic E-state index is 3.91. The standard InChI is InChI=1S/C54H53N3/c1-53(2)47-32-40(26-27-43(47)44-33-45-42-24-10-11-25-46(42)54(28-12-5-13-29-54)49(45)34-48(44)53)38-21-14-20-37(30-38)39-22-15-23-41(31-39)52-56-50(35-16-6-3-7-17-35)55-51(57-52)36-18-8-4-9-19-36/h3-4,6-8,10-11,14-18,20-27,30-34,45,49-52,55-57H,5,9,12-13,19,28-29H2,1-2H3. The van der Waals surface area contributed by atoms with E-state index in [0.717, 1.165) is 12.8 Å². The van der Waals surface area contributed by atoms with Crippen LogP contribution in [0.4, 0.5) is 0 Å². The van der Waals surface area contributed by atoms with Crippen LogP contribution in [0, 0.1) is 5.92 Å². The van der Waals surface area contributed by atoms with Crippen molar-refractivity contribution in [2.75, 3.05) is 0 Å². The van der Waals surface area contributed by atoms with Crippen molar-refractivity contribution >= 4 is 5.57 Å². The number of hydrogen-bond donors (Lipinski definition) is 3. The van der Waals surface area contributed by atoms with Crippen LogP contribution in [0.1, 0.15) is 110 Å². The van der Waals surface area contributed by atoms with Crippen molar-refractivity contribution < 1.29 is 0 Å². The lowest BCUT2D eigenvalue weighted by Crippen LogP contribution is -2.59. The van der Waals surface area contributed by atoms with Gasteiger partial charge in [-0.2, -0.15) is 0 Å². The smallest absolute Gasteiger partial charge is 0.0864 e. The maximum Gasteiger partial charge on any atom is 0.0864 e. The second kappa shape index (κ2) is 13.8. The van der Waals surface area contributed by atoms with Crippen LogP contribution in [0.2, 0.25) is 0 Å². The van der Waals surface area contributed by atoms with Crippen LogP contribution in [0.15, 0.2) is 163 Å². The summed E-state index contributed by atoms with van der Waals surface area (Å²) in [5.41, 5.74) is 18.3. The van der Waals surface area contributed by atoms with Gasteiger partial charge in [-0.1, -0.05) is 167 Å². The Balaban J connectivity index is 0.908. The van der Waals surface area contributed by atoms with E-state index in [-0.39, 0.29) is 29.3 Å². The summed E-state index contributed by atoms with van der Waals surface area (Å²) >= 11 is 0. The molecule has 0 aromatic heterocycles. The summed E-state index contributed by atoms with van der Waals surface area (Å²) in [6, 6.07) is 45.8. The second-order valence-electron chi connectivity index (χ2n) is 18.0. The molecule has 3 nitrogen and oxygen atoms in total. The Labute approximate surface area is 338 Å². The molecule has 5 atom stereocenters. The van der Waals surface area contributed by atoms with Gasteiger partial charge in [0.05, 0.1) is 18.5 Å². The third-order valence-corrected chi connectivity index (χ3v) is 14.6. The zero-order valence-electron chi connectivity index (χ0n) is 33.3. The summed E-state index contributed by atoms with van der Waals surface area (Å²) in [5, 5.41) is 11.6. The number of allylic oxidation sites excluding steroid dienone is 7. The molecular formula is C54H53N3. The van der Waals surface area contributed by atoms with E-state index < -0.39 is 0 Å². The molecule has 57 heavy (non-hydrogen) atoms. The maximum absolute atomic E-state index is 3.91. The minimum absolute atomic E-state index is 0.0107. The average molecular weight is 744 g/mol. The lowest BCUT2D eigenvalue weighted by atomic mass is 9.62. The number of fused-ring (bicyclic) bond motifs is 8. The Morgan fingerprint density at radius 1 is 0.579 bits per heavy atom. The molecule has 2 fully saturated rings. The molecule has 5 aliphatic carbocycles. The average Bonchev–Trinajstić information content (AvgIpc) is 3.66. The molecule has 5 aromatic carbocycles. The first-order chi connectivity index (χ1) is 28.0. The molecule has 1 spiro atoms. The van der Waals surface area contributed by atoms with Gasteiger partial charge in [0.15, 0.2) is 0 Å². The molecule has 5 unspecified atom stereocenters. The van der Waals surface area contributed by atoms with Gasteiger partial charge in [-0.25, -0.2) is 0 Å². The molecule has 3 N–H and O–H groups in total. The Kier molecular flexibility index (Phi) is 8.51. The van der Waals surface area contributed by atoms with Crippen LogP contribution in [-0.2, 0) is 10.8 Å². The zero-order valence-corrected chi connectivity index (χ0v) is 33.3. The Morgan fingerprint density at radius 3 is 2.05 bits per heavy atom. The van der Waals surface area contributed by atoms with Crippen LogP contribution >= 0.6 is 0 Å². The quantitative estimate of drug-likeness (QED) is 0.168. The normalized spacial score (nSPS) is 26.4. The monoisotopic (exact) mass is 743 g/mol. The third-order valence-electron chi connectivity index (χ3n) is 14.6. The molecule has 1 saturated carbocycles. The molecule has 5 aromatic rings. The van der Waals surface area contributed by atoms with Crippen molar-refractivity contribution in [3.05, 3.63) is 196 Å². The molecule has 284 valence electrons. The van der Waals surface area contributed by atoms with Crippen molar-refractivity contribution in [2.24, 2.45) is 5.92 Å². The van der Waals surface area contributed by atoms with Gasteiger partial charge >= 0.3 is 0 Å². The summed E-state index contributed by atoms with van der Waals surface area (Å²) in [4.78, 5) is 0. The fraction of sp³-hybridized carbons (Fsp3) is 0.296. The van der Waals surface area contributed by atoms with E-state index in [1.165, 1.54) is 87.8 Å². The van der Waals surface area contributed by atoms with Gasteiger partial charge in [-0.05, 0) is 122 Å². The van der Waals surface area contributed by atoms with E-state index in [1.54, 1.807) is 16.7 Å². The molecule has 0 amide bonds. The molecule has 1 aliphatic heterocycles. The molecule has 6 aliphatic rings. The van der Waals surface area contributed by atoms with E-state index in [2.05, 4.69) is 182 Å². The number of rotatable bonds is 5. The third kappa shape index (κ3) is 5.81. The van der Waals surface area contributed by atoms with Gasteiger partial charge < -0.3 is 0 Å². The Morgan fingerprint density at radius 2 is 1.26 bits per heavy atom. The van der Waals surface area contributed by atoms with Gasteiger partial charge in [0.2, 0.25) is 0 Å². The van der Waals surface area contributed by atoms with E-state index in [9.17, 15) is 0 Å². The molecule has 0 bridgehead atoms. The van der Waals surface area contributed by atoms with Crippen LogP contribution in [0.3, 0.4) is 0 Å². The van der Waals surface area contributed by atoms with Crippen molar-refractivity contribution in [3.63, 3.8) is 0 Å². The first-order valence-electron chi connectivity index (χ1n) is 21.5. The van der Waals surface area contributed by atoms with Gasteiger partial charge in [0.1, 0.15) is 0 Å². The number of hydrogen-bond acceptors (Lipinski definition) is 3. The van der Waals surface area contributed by atoms with Crippen molar-refractivity contribution in [2.45, 2.75) is 94.0 Å². The van der Waals surface area contributed by atoms with Gasteiger partial charge in [0.25, 0.3) is 0 Å². The van der Waals surface area contributed by atoms with Gasteiger partial charge in [-0.15, -0.1) is 0 Å². The molecule has 1 saturated heterocycles. The number of benzene rings is 5. The second-order valence-corrected chi connectivity index (χ2v) is 18.0. The summed E-state index contributed by atoms with van der Waals surface area (Å²) in [6.07, 6.45) is 21.2. The van der Waals surface area contributed by atoms with Gasteiger partial charge in [0, 0.05) is 16.7 Å². The van der Waals surface area contributed by atoms with Gasteiger partial charge in [-0.3, -0.25) is 16.0 Å². The first kappa shape index (κ1) is 35.1.